The van der Waals surface area contributed by atoms with Gasteiger partial charge in [0.05, 0.1) is 13.4 Å². The van der Waals surface area contributed by atoms with Gasteiger partial charge >= 0.3 is 0 Å². The van der Waals surface area contributed by atoms with Crippen LogP contribution in [0.2, 0.25) is 0 Å². The molecule has 0 atom stereocenters. The number of aromatic amines is 1. The molecule has 0 fully saturated rings. The number of hydrogen-bond donors (Lipinski definition) is 3. The highest BCUT2D eigenvalue weighted by Gasteiger charge is 2.06. The SMILES string of the molecule is COc1cc(C=Nc2nc(S)c3nc[nH]c3n2)ccc1O. The van der Waals surface area contributed by atoms with Crippen LogP contribution in [-0.4, -0.2) is 38.4 Å². The van der Waals surface area contributed by atoms with Crippen LogP contribution in [0.15, 0.2) is 34.5 Å². The van der Waals surface area contributed by atoms with Gasteiger partial charge in [0.1, 0.15) is 10.5 Å². The molecule has 0 radical (unpaired) electrons. The number of fused-ring (bicyclic) bond motifs is 1. The molecule has 3 aromatic rings. The van der Waals surface area contributed by atoms with E-state index in [9.17, 15) is 5.11 Å². The van der Waals surface area contributed by atoms with Crippen molar-refractivity contribution in [2.24, 2.45) is 4.99 Å². The number of benzene rings is 1. The number of imidazole rings is 1. The quantitative estimate of drug-likeness (QED) is 0.391. The molecule has 2 heterocycles. The van der Waals surface area contributed by atoms with Gasteiger partial charge in [0.15, 0.2) is 17.1 Å². The number of thiol groups is 1. The molecule has 2 aromatic heterocycles. The molecule has 3 rings (SSSR count). The first-order chi connectivity index (χ1) is 10.2. The van der Waals surface area contributed by atoms with Crippen LogP contribution in [0.5, 0.6) is 11.5 Å². The van der Waals surface area contributed by atoms with E-state index >= 15 is 0 Å². The number of ether oxygens (including phenoxy) is 1. The van der Waals surface area contributed by atoms with Crippen molar-refractivity contribution >= 4 is 36.0 Å². The van der Waals surface area contributed by atoms with Gasteiger partial charge in [-0.1, -0.05) is 0 Å². The van der Waals surface area contributed by atoms with E-state index in [0.29, 0.717) is 21.9 Å². The molecule has 0 amide bonds. The smallest absolute Gasteiger partial charge is 0.252 e. The van der Waals surface area contributed by atoms with Crippen molar-refractivity contribution in [2.75, 3.05) is 7.11 Å². The van der Waals surface area contributed by atoms with Crippen LogP contribution in [0.1, 0.15) is 5.56 Å². The monoisotopic (exact) mass is 301 g/mol. The standard InChI is InChI=1S/C13H11N5O2S/c1-20-9-4-7(2-3-8(9)19)5-14-13-17-11-10(12(21)18-13)15-6-16-11/h2-6,19H,1H3,(H2,15,16,17,18,21). The van der Waals surface area contributed by atoms with E-state index < -0.39 is 0 Å². The minimum absolute atomic E-state index is 0.0717. The van der Waals surface area contributed by atoms with Crippen molar-refractivity contribution in [3.8, 4) is 11.5 Å². The molecule has 0 saturated carbocycles. The van der Waals surface area contributed by atoms with Gasteiger partial charge in [0, 0.05) is 6.21 Å². The maximum absolute atomic E-state index is 9.54. The van der Waals surface area contributed by atoms with Crippen molar-refractivity contribution in [3.63, 3.8) is 0 Å². The van der Waals surface area contributed by atoms with Gasteiger partial charge in [-0.2, -0.15) is 4.98 Å². The van der Waals surface area contributed by atoms with Gasteiger partial charge < -0.3 is 14.8 Å². The van der Waals surface area contributed by atoms with Crippen molar-refractivity contribution in [2.45, 2.75) is 5.03 Å². The van der Waals surface area contributed by atoms with E-state index in [0.717, 1.165) is 5.56 Å². The average molecular weight is 301 g/mol. The lowest BCUT2D eigenvalue weighted by Crippen LogP contribution is -1.89. The number of phenolic OH excluding ortho intramolecular Hbond substituents is 1. The Morgan fingerprint density at radius 1 is 1.38 bits per heavy atom. The van der Waals surface area contributed by atoms with Gasteiger partial charge in [0.2, 0.25) is 0 Å². The first-order valence-corrected chi connectivity index (χ1v) is 6.43. The van der Waals surface area contributed by atoms with Crippen molar-refractivity contribution in [1.82, 2.24) is 19.9 Å². The van der Waals surface area contributed by atoms with Crippen molar-refractivity contribution in [1.29, 1.82) is 0 Å². The minimum Gasteiger partial charge on any atom is -0.504 e. The van der Waals surface area contributed by atoms with Crippen LogP contribution < -0.4 is 4.74 Å². The molecule has 21 heavy (non-hydrogen) atoms. The zero-order valence-electron chi connectivity index (χ0n) is 11.0. The predicted molar refractivity (Wildman–Crippen MR) is 80.8 cm³/mol. The van der Waals surface area contributed by atoms with Crippen molar-refractivity contribution in [3.05, 3.63) is 30.1 Å². The molecule has 2 N–H and O–H groups in total. The number of methoxy groups -OCH3 is 1. The Hall–Kier alpha value is -2.61. The Morgan fingerprint density at radius 2 is 2.24 bits per heavy atom. The molecule has 0 saturated heterocycles. The average Bonchev–Trinajstić information content (AvgIpc) is 2.95. The first-order valence-electron chi connectivity index (χ1n) is 5.98. The maximum atomic E-state index is 9.54. The third-order valence-corrected chi connectivity index (χ3v) is 3.09. The second-order valence-corrected chi connectivity index (χ2v) is 4.56. The van der Waals surface area contributed by atoms with E-state index in [-0.39, 0.29) is 11.7 Å². The highest BCUT2D eigenvalue weighted by Crippen LogP contribution is 2.26. The van der Waals surface area contributed by atoms with Crippen molar-refractivity contribution < 1.29 is 9.84 Å². The molecule has 106 valence electrons. The summed E-state index contributed by atoms with van der Waals surface area (Å²) in [4.78, 5) is 19.5. The summed E-state index contributed by atoms with van der Waals surface area (Å²) in [5.41, 5.74) is 1.92. The second kappa shape index (κ2) is 5.41. The summed E-state index contributed by atoms with van der Waals surface area (Å²) in [6.45, 7) is 0. The van der Waals surface area contributed by atoms with Crippen LogP contribution in [0.25, 0.3) is 11.2 Å². The lowest BCUT2D eigenvalue weighted by atomic mass is 10.2. The van der Waals surface area contributed by atoms with E-state index in [2.05, 4.69) is 37.6 Å². The summed E-state index contributed by atoms with van der Waals surface area (Å²) in [6, 6.07) is 4.90. The minimum atomic E-state index is 0.0717. The third kappa shape index (κ3) is 2.65. The lowest BCUT2D eigenvalue weighted by molar-refractivity contribution is 0.373. The molecule has 7 nitrogen and oxygen atoms in total. The first kappa shape index (κ1) is 13.4. The maximum Gasteiger partial charge on any atom is 0.252 e. The molecule has 0 bridgehead atoms. The zero-order valence-corrected chi connectivity index (χ0v) is 11.9. The molecule has 1 aromatic carbocycles. The number of H-pyrrole nitrogens is 1. The van der Waals surface area contributed by atoms with Crippen LogP contribution in [0.4, 0.5) is 5.95 Å². The summed E-state index contributed by atoms with van der Waals surface area (Å²) < 4.78 is 5.04. The Bertz CT molecular complexity index is 831. The number of nitrogens with one attached hydrogen (secondary N) is 1. The molecule has 0 unspecified atom stereocenters. The number of rotatable bonds is 3. The topological polar surface area (TPSA) is 96.3 Å². The van der Waals surface area contributed by atoms with E-state index in [4.69, 9.17) is 4.74 Å². The Balaban J connectivity index is 1.93. The molecular weight excluding hydrogens is 290 g/mol. The lowest BCUT2D eigenvalue weighted by Gasteiger charge is -2.03. The number of aromatic hydroxyl groups is 1. The van der Waals surface area contributed by atoms with Crippen LogP contribution in [0.3, 0.4) is 0 Å². The fraction of sp³-hybridized carbons (Fsp3) is 0.0769. The highest BCUT2D eigenvalue weighted by atomic mass is 32.1. The molecule has 0 aliphatic rings. The number of nitrogens with zero attached hydrogens (tertiary/aromatic N) is 4. The second-order valence-electron chi connectivity index (χ2n) is 4.14. The number of aromatic nitrogens is 4. The summed E-state index contributed by atoms with van der Waals surface area (Å²) in [7, 11) is 1.48. The predicted octanol–water partition coefficient (Wildman–Crippen LogP) is 2.11. The molecule has 8 heteroatoms. The summed E-state index contributed by atoms with van der Waals surface area (Å²) in [5, 5.41) is 9.99. The fourth-order valence-electron chi connectivity index (χ4n) is 1.77. The Kier molecular flexibility index (Phi) is 3.44. The van der Waals surface area contributed by atoms with Crippen LogP contribution in [0, 0.1) is 0 Å². The summed E-state index contributed by atoms with van der Waals surface area (Å²) in [6.07, 6.45) is 3.10. The van der Waals surface area contributed by atoms with E-state index in [1.165, 1.54) is 19.5 Å². The Labute approximate surface area is 125 Å². The number of aliphatic imine (C=N–C) groups is 1. The van der Waals surface area contributed by atoms with E-state index in [1.54, 1.807) is 18.3 Å². The largest absolute Gasteiger partial charge is 0.504 e. The van der Waals surface area contributed by atoms with Gasteiger partial charge in [-0.25, -0.2) is 15.0 Å². The molecule has 0 aliphatic heterocycles. The fourth-order valence-corrected chi connectivity index (χ4v) is 2.03. The van der Waals surface area contributed by atoms with Gasteiger partial charge in [-0.05, 0) is 23.8 Å². The normalized spacial score (nSPS) is 11.3. The van der Waals surface area contributed by atoms with Crippen LogP contribution >= 0.6 is 12.6 Å². The molecular formula is C13H11N5O2S. The number of phenols is 1. The van der Waals surface area contributed by atoms with Gasteiger partial charge in [-0.15, -0.1) is 12.6 Å². The van der Waals surface area contributed by atoms with E-state index in [1.807, 2.05) is 0 Å². The summed E-state index contributed by atoms with van der Waals surface area (Å²) in [5.74, 6) is 0.713. The van der Waals surface area contributed by atoms with Crippen LogP contribution in [-0.2, 0) is 0 Å². The van der Waals surface area contributed by atoms with Gasteiger partial charge in [-0.3, -0.25) is 0 Å². The van der Waals surface area contributed by atoms with Gasteiger partial charge in [0.25, 0.3) is 5.95 Å². The molecule has 0 spiro atoms. The third-order valence-electron chi connectivity index (χ3n) is 2.78. The Morgan fingerprint density at radius 3 is 3.05 bits per heavy atom. The molecule has 0 aliphatic carbocycles. The zero-order chi connectivity index (χ0) is 14.8. The highest BCUT2D eigenvalue weighted by molar-refractivity contribution is 7.80. The number of hydrogen-bond acceptors (Lipinski definition) is 7. The summed E-state index contributed by atoms with van der Waals surface area (Å²) >= 11 is 4.25.